The number of rotatable bonds is 5. The molecule has 0 bridgehead atoms. The van der Waals surface area contributed by atoms with E-state index in [2.05, 4.69) is 10.3 Å². The van der Waals surface area contributed by atoms with Crippen LogP contribution in [0.3, 0.4) is 0 Å². The Morgan fingerprint density at radius 3 is 2.52 bits per heavy atom. The molecular formula is C24H24N4O. The third-order valence-corrected chi connectivity index (χ3v) is 4.91. The van der Waals surface area contributed by atoms with E-state index in [0.717, 1.165) is 33.9 Å². The van der Waals surface area contributed by atoms with Crippen LogP contribution in [0, 0.1) is 32.1 Å². The number of hydrogen-bond acceptors (Lipinski definition) is 3. The number of pyridine rings is 1. The third-order valence-electron chi connectivity index (χ3n) is 4.91. The van der Waals surface area contributed by atoms with Gasteiger partial charge in [-0.15, -0.1) is 0 Å². The van der Waals surface area contributed by atoms with Gasteiger partial charge in [0, 0.05) is 17.6 Å². The van der Waals surface area contributed by atoms with Gasteiger partial charge in [-0.3, -0.25) is 4.79 Å². The van der Waals surface area contributed by atoms with E-state index >= 15 is 0 Å². The van der Waals surface area contributed by atoms with Gasteiger partial charge < -0.3 is 9.88 Å². The van der Waals surface area contributed by atoms with E-state index < -0.39 is 0 Å². The predicted octanol–water partition coefficient (Wildman–Crippen LogP) is 4.58. The van der Waals surface area contributed by atoms with E-state index in [0.29, 0.717) is 0 Å². The van der Waals surface area contributed by atoms with Gasteiger partial charge in [0.15, 0.2) is 0 Å². The number of aryl methyl sites for hydroxylation is 2. The number of aromatic nitrogens is 2. The second kappa shape index (κ2) is 8.57. The van der Waals surface area contributed by atoms with Crippen LogP contribution in [-0.2, 0) is 4.79 Å². The minimum Gasteiger partial charge on any atom is -0.345 e. The maximum atomic E-state index is 12.7. The van der Waals surface area contributed by atoms with Gasteiger partial charge in [0.25, 0.3) is 5.91 Å². The van der Waals surface area contributed by atoms with E-state index in [1.54, 1.807) is 6.08 Å². The first-order valence-corrected chi connectivity index (χ1v) is 9.50. The van der Waals surface area contributed by atoms with E-state index in [4.69, 9.17) is 0 Å². The van der Waals surface area contributed by atoms with Crippen molar-refractivity contribution in [3.63, 3.8) is 0 Å². The number of nitrogens with one attached hydrogen (secondary N) is 1. The molecule has 1 aromatic carbocycles. The molecule has 29 heavy (non-hydrogen) atoms. The summed E-state index contributed by atoms with van der Waals surface area (Å²) >= 11 is 0. The maximum Gasteiger partial charge on any atom is 0.262 e. The summed E-state index contributed by atoms with van der Waals surface area (Å²) < 4.78 is 2.02. The number of nitriles is 1. The molecule has 146 valence electrons. The molecule has 0 aliphatic carbocycles. The first kappa shape index (κ1) is 20.1. The van der Waals surface area contributed by atoms with Crippen molar-refractivity contribution in [2.24, 2.45) is 0 Å². The first-order valence-electron chi connectivity index (χ1n) is 9.50. The fourth-order valence-corrected chi connectivity index (χ4v) is 3.28. The summed E-state index contributed by atoms with van der Waals surface area (Å²) in [5, 5.41) is 12.5. The molecule has 2 aromatic heterocycles. The monoisotopic (exact) mass is 384 g/mol. The number of amides is 1. The lowest BCUT2D eigenvalue weighted by atomic mass is 10.1. The van der Waals surface area contributed by atoms with Crippen molar-refractivity contribution in [2.75, 3.05) is 0 Å². The van der Waals surface area contributed by atoms with Crippen LogP contribution in [0.25, 0.3) is 11.9 Å². The van der Waals surface area contributed by atoms with Crippen molar-refractivity contribution in [3.8, 4) is 11.9 Å². The Morgan fingerprint density at radius 1 is 1.17 bits per heavy atom. The number of carbonyl (C=O) groups is 1. The fraction of sp³-hybridized carbons (Fsp3) is 0.208. The number of hydrogen-bond donors (Lipinski definition) is 1. The van der Waals surface area contributed by atoms with Crippen molar-refractivity contribution in [3.05, 3.63) is 88.4 Å². The number of carbonyl (C=O) groups excluding carboxylic acids is 1. The van der Waals surface area contributed by atoms with Gasteiger partial charge in [-0.2, -0.15) is 5.26 Å². The van der Waals surface area contributed by atoms with Crippen LogP contribution in [0.1, 0.15) is 41.0 Å². The maximum absolute atomic E-state index is 12.7. The zero-order valence-electron chi connectivity index (χ0n) is 17.1. The van der Waals surface area contributed by atoms with Gasteiger partial charge in [-0.25, -0.2) is 4.98 Å². The first-order chi connectivity index (χ1) is 13.9. The molecule has 2 heterocycles. The second-order valence-corrected chi connectivity index (χ2v) is 7.13. The lowest BCUT2D eigenvalue weighted by molar-refractivity contribution is -0.117. The van der Waals surface area contributed by atoms with Crippen molar-refractivity contribution >= 4 is 12.0 Å². The van der Waals surface area contributed by atoms with Crippen LogP contribution in [0.2, 0.25) is 0 Å². The van der Waals surface area contributed by atoms with Crippen LogP contribution in [0.4, 0.5) is 0 Å². The van der Waals surface area contributed by atoms with Crippen LogP contribution in [0.5, 0.6) is 0 Å². The molecule has 0 unspecified atom stereocenters. The fourth-order valence-electron chi connectivity index (χ4n) is 3.28. The Hall–Kier alpha value is -3.65. The molecule has 1 atom stereocenters. The molecule has 1 N–H and O–H groups in total. The quantitative estimate of drug-likeness (QED) is 0.517. The minimum absolute atomic E-state index is 0.0740. The smallest absolute Gasteiger partial charge is 0.262 e. The molecule has 0 aliphatic rings. The molecule has 0 fully saturated rings. The van der Waals surface area contributed by atoms with E-state index in [9.17, 15) is 10.1 Å². The lowest BCUT2D eigenvalue weighted by Gasteiger charge is -2.13. The largest absolute Gasteiger partial charge is 0.345 e. The van der Waals surface area contributed by atoms with E-state index in [1.807, 2.05) is 93.1 Å². The molecular weight excluding hydrogens is 360 g/mol. The number of nitrogens with zero attached hydrogens (tertiary/aromatic N) is 3. The average molecular weight is 384 g/mol. The SMILES string of the molecule is Cc1ccc(-n2c(C)cc(/C=C(/C#N)C(=O)N[C@H](C)c3ccccc3)c2C)nc1. The molecule has 5 nitrogen and oxygen atoms in total. The number of benzene rings is 1. The predicted molar refractivity (Wildman–Crippen MR) is 114 cm³/mol. The van der Waals surface area contributed by atoms with E-state index in [1.165, 1.54) is 0 Å². The van der Waals surface area contributed by atoms with Crippen molar-refractivity contribution < 1.29 is 4.79 Å². The molecule has 0 aliphatic heterocycles. The summed E-state index contributed by atoms with van der Waals surface area (Å²) in [7, 11) is 0. The van der Waals surface area contributed by atoms with Crippen LogP contribution in [-0.4, -0.2) is 15.5 Å². The van der Waals surface area contributed by atoms with Gasteiger partial charge >= 0.3 is 0 Å². The highest BCUT2D eigenvalue weighted by Crippen LogP contribution is 2.22. The van der Waals surface area contributed by atoms with Gasteiger partial charge in [-0.1, -0.05) is 36.4 Å². The zero-order chi connectivity index (χ0) is 21.0. The van der Waals surface area contributed by atoms with Gasteiger partial charge in [0.1, 0.15) is 17.5 Å². The molecule has 0 spiro atoms. The van der Waals surface area contributed by atoms with Crippen molar-refractivity contribution in [2.45, 2.75) is 33.7 Å². The Bertz CT molecular complexity index is 1090. The molecule has 0 saturated carbocycles. The molecule has 5 heteroatoms. The molecule has 3 rings (SSSR count). The summed E-state index contributed by atoms with van der Waals surface area (Å²) in [6.45, 7) is 7.83. The molecule has 0 saturated heterocycles. The summed E-state index contributed by atoms with van der Waals surface area (Å²) in [4.78, 5) is 17.1. The Balaban J connectivity index is 1.88. The molecule has 0 radical (unpaired) electrons. The van der Waals surface area contributed by atoms with Gasteiger partial charge in [0.2, 0.25) is 0 Å². The van der Waals surface area contributed by atoms with Crippen molar-refractivity contribution in [1.82, 2.24) is 14.9 Å². The van der Waals surface area contributed by atoms with E-state index in [-0.39, 0.29) is 17.5 Å². The Kier molecular flexibility index (Phi) is 5.94. The average Bonchev–Trinajstić information content (AvgIpc) is 3.00. The zero-order valence-corrected chi connectivity index (χ0v) is 17.1. The summed E-state index contributed by atoms with van der Waals surface area (Å²) in [6, 6.07) is 17.4. The summed E-state index contributed by atoms with van der Waals surface area (Å²) in [6.07, 6.45) is 3.46. The highest BCUT2D eigenvalue weighted by atomic mass is 16.1. The summed E-state index contributed by atoms with van der Waals surface area (Å²) in [5.74, 6) is 0.424. The highest BCUT2D eigenvalue weighted by Gasteiger charge is 2.16. The summed E-state index contributed by atoms with van der Waals surface area (Å²) in [5.41, 5.74) is 4.89. The van der Waals surface area contributed by atoms with Crippen molar-refractivity contribution in [1.29, 1.82) is 5.26 Å². The van der Waals surface area contributed by atoms with Crippen LogP contribution >= 0.6 is 0 Å². The van der Waals surface area contributed by atoms with Crippen LogP contribution in [0.15, 0.2) is 60.3 Å². The van der Waals surface area contributed by atoms with Crippen LogP contribution < -0.4 is 5.32 Å². The third kappa shape index (κ3) is 4.44. The standard InChI is InChI=1S/C24H24N4O/c1-16-10-11-23(26-15-16)28-17(2)12-21(19(28)4)13-22(14-25)24(29)27-18(3)20-8-6-5-7-9-20/h5-13,15,18H,1-4H3,(H,27,29)/b22-13-/t18-/m1/s1. The molecule has 3 aromatic rings. The second-order valence-electron chi connectivity index (χ2n) is 7.13. The Labute approximate surface area is 171 Å². The minimum atomic E-state index is -0.387. The normalized spacial score (nSPS) is 12.3. The Morgan fingerprint density at radius 2 is 1.90 bits per heavy atom. The lowest BCUT2D eigenvalue weighted by Crippen LogP contribution is -2.27. The van der Waals surface area contributed by atoms with Gasteiger partial charge in [-0.05, 0) is 62.6 Å². The van der Waals surface area contributed by atoms with Gasteiger partial charge in [0.05, 0.1) is 6.04 Å². The highest BCUT2D eigenvalue weighted by molar-refractivity contribution is 6.02. The molecule has 1 amide bonds. The topological polar surface area (TPSA) is 70.7 Å².